The summed E-state index contributed by atoms with van der Waals surface area (Å²) < 4.78 is 8.97. The van der Waals surface area contributed by atoms with Crippen molar-refractivity contribution in [1.29, 1.82) is 0 Å². The van der Waals surface area contributed by atoms with Crippen LogP contribution in [0.25, 0.3) is 11.0 Å². The second kappa shape index (κ2) is 6.15. The molecular weight excluding hydrogens is 318 g/mol. The zero-order valence-electron chi connectivity index (χ0n) is 14.4. The van der Waals surface area contributed by atoms with Crippen LogP contribution < -0.4 is 11.4 Å². The Morgan fingerprint density at radius 1 is 1.20 bits per heavy atom. The van der Waals surface area contributed by atoms with Crippen LogP contribution in [-0.2, 0) is 25.0 Å². The van der Waals surface area contributed by atoms with Crippen LogP contribution in [-0.4, -0.2) is 19.3 Å². The van der Waals surface area contributed by atoms with E-state index in [-0.39, 0.29) is 5.69 Å². The van der Waals surface area contributed by atoms with E-state index in [2.05, 4.69) is 17.1 Å². The molecule has 3 aromatic rings. The molecule has 0 unspecified atom stereocenters. The molecule has 0 saturated heterocycles. The van der Waals surface area contributed by atoms with E-state index in [1.807, 2.05) is 28.8 Å². The molecule has 2 aromatic heterocycles. The summed E-state index contributed by atoms with van der Waals surface area (Å²) in [5.41, 5.74) is 7.73. The normalized spacial score (nSPS) is 16.2. The molecule has 2 N–H and O–H groups in total. The molecule has 1 saturated carbocycles. The highest BCUT2D eigenvalue weighted by Gasteiger charge is 2.38. The van der Waals surface area contributed by atoms with E-state index in [4.69, 9.17) is 10.3 Å². The van der Waals surface area contributed by atoms with Crippen LogP contribution in [0.4, 0.5) is 0 Å². The lowest BCUT2D eigenvalue weighted by atomic mass is 9.77. The molecular formula is C18H23N5O2. The first-order valence-corrected chi connectivity index (χ1v) is 8.92. The monoisotopic (exact) mass is 341 g/mol. The molecule has 0 spiro atoms. The molecule has 1 aliphatic rings. The highest BCUT2D eigenvalue weighted by Crippen LogP contribution is 2.36. The third-order valence-electron chi connectivity index (χ3n) is 5.08. The maximum atomic E-state index is 12.8. The van der Waals surface area contributed by atoms with Gasteiger partial charge in [-0.15, -0.1) is 0 Å². The van der Waals surface area contributed by atoms with Crippen LogP contribution in [0.5, 0.6) is 0 Å². The molecule has 0 atom stereocenters. The molecule has 132 valence electrons. The zero-order chi connectivity index (χ0) is 17.4. The summed E-state index contributed by atoms with van der Waals surface area (Å²) in [4.78, 5) is 17.2. The molecule has 1 fully saturated rings. The summed E-state index contributed by atoms with van der Waals surface area (Å²) in [5, 5.41) is 4.04. The van der Waals surface area contributed by atoms with Crippen molar-refractivity contribution in [2.75, 3.05) is 0 Å². The molecule has 25 heavy (non-hydrogen) atoms. The minimum atomic E-state index is -0.421. The number of imidazole rings is 1. The van der Waals surface area contributed by atoms with E-state index < -0.39 is 5.54 Å². The minimum Gasteiger partial charge on any atom is -0.339 e. The number of fused-ring (bicyclic) bond motifs is 1. The lowest BCUT2D eigenvalue weighted by Gasteiger charge is -2.34. The largest absolute Gasteiger partial charge is 0.339 e. The first-order chi connectivity index (χ1) is 12.1. The van der Waals surface area contributed by atoms with Gasteiger partial charge in [-0.1, -0.05) is 24.2 Å². The number of aryl methyl sites for hydroxylation is 3. The Hall–Kier alpha value is -2.41. The summed E-state index contributed by atoms with van der Waals surface area (Å²) in [7, 11) is 0. The third kappa shape index (κ3) is 2.68. The Balaban J connectivity index is 1.59. The van der Waals surface area contributed by atoms with Crippen LogP contribution in [0.3, 0.4) is 0 Å². The Labute approximate surface area is 145 Å². The number of benzene rings is 1. The Kier molecular flexibility index (Phi) is 3.95. The van der Waals surface area contributed by atoms with Gasteiger partial charge in [-0.3, -0.25) is 9.13 Å². The average molecular weight is 341 g/mol. The summed E-state index contributed by atoms with van der Waals surface area (Å²) in [5.74, 6) is 1.13. The van der Waals surface area contributed by atoms with Crippen LogP contribution in [0, 0.1) is 0 Å². The van der Waals surface area contributed by atoms with E-state index in [0.717, 1.165) is 36.7 Å². The Morgan fingerprint density at radius 2 is 1.88 bits per heavy atom. The van der Waals surface area contributed by atoms with Crippen LogP contribution in [0.2, 0.25) is 0 Å². The lowest BCUT2D eigenvalue weighted by molar-refractivity contribution is 0.229. The number of hydrogen-bond acceptors (Lipinski definition) is 5. The van der Waals surface area contributed by atoms with Gasteiger partial charge in [0.05, 0.1) is 16.6 Å². The second-order valence-corrected chi connectivity index (χ2v) is 6.85. The van der Waals surface area contributed by atoms with Crippen LogP contribution in [0.15, 0.2) is 33.6 Å². The predicted octanol–water partition coefficient (Wildman–Crippen LogP) is 2.18. The van der Waals surface area contributed by atoms with E-state index in [1.54, 1.807) is 4.57 Å². The minimum absolute atomic E-state index is 0.0112. The summed E-state index contributed by atoms with van der Waals surface area (Å²) >= 11 is 0. The maximum absolute atomic E-state index is 12.8. The van der Waals surface area contributed by atoms with Crippen molar-refractivity contribution >= 4 is 11.0 Å². The van der Waals surface area contributed by atoms with E-state index in [1.165, 1.54) is 0 Å². The standard InChI is InChI=1S/C18H23N5O2/c1-2-11-22-13-6-3-4-7-14(13)23(17(22)24)12-8-15-20-16(21-25-15)18(19)9-5-10-18/h3-4,6-7H,2,5,8-12,19H2,1H3. The summed E-state index contributed by atoms with van der Waals surface area (Å²) in [6, 6.07) is 7.88. The number of nitrogens with zero attached hydrogens (tertiary/aromatic N) is 4. The molecule has 0 bridgehead atoms. The van der Waals surface area contributed by atoms with Gasteiger partial charge in [0.25, 0.3) is 0 Å². The highest BCUT2D eigenvalue weighted by molar-refractivity contribution is 5.75. The third-order valence-corrected chi connectivity index (χ3v) is 5.08. The molecule has 0 amide bonds. The van der Waals surface area contributed by atoms with Crippen LogP contribution >= 0.6 is 0 Å². The van der Waals surface area contributed by atoms with E-state index in [9.17, 15) is 4.79 Å². The molecule has 1 aliphatic carbocycles. The molecule has 0 radical (unpaired) electrons. The number of nitrogens with two attached hydrogens (primary N) is 1. The van der Waals surface area contributed by atoms with Gasteiger partial charge < -0.3 is 10.3 Å². The Bertz CT molecular complexity index is 948. The highest BCUT2D eigenvalue weighted by atomic mass is 16.5. The Morgan fingerprint density at radius 3 is 2.48 bits per heavy atom. The van der Waals surface area contributed by atoms with Gasteiger partial charge in [0.15, 0.2) is 5.82 Å². The quantitative estimate of drug-likeness (QED) is 0.742. The van der Waals surface area contributed by atoms with Gasteiger partial charge in [0.1, 0.15) is 0 Å². The lowest BCUT2D eigenvalue weighted by Crippen LogP contribution is -2.44. The topological polar surface area (TPSA) is 91.9 Å². The zero-order valence-corrected chi connectivity index (χ0v) is 14.4. The van der Waals surface area contributed by atoms with Crippen molar-refractivity contribution in [2.45, 2.75) is 57.7 Å². The fourth-order valence-electron chi connectivity index (χ4n) is 3.48. The van der Waals surface area contributed by atoms with Gasteiger partial charge in [0, 0.05) is 19.5 Å². The number of para-hydroxylation sites is 2. The molecule has 7 nitrogen and oxygen atoms in total. The van der Waals surface area contributed by atoms with Gasteiger partial charge in [0.2, 0.25) is 5.89 Å². The van der Waals surface area contributed by atoms with E-state index in [0.29, 0.717) is 31.2 Å². The van der Waals surface area contributed by atoms with Crippen molar-refractivity contribution in [3.63, 3.8) is 0 Å². The molecule has 4 rings (SSSR count). The van der Waals surface area contributed by atoms with Gasteiger partial charge >= 0.3 is 5.69 Å². The predicted molar refractivity (Wildman–Crippen MR) is 94.2 cm³/mol. The van der Waals surface area contributed by atoms with Crippen molar-refractivity contribution in [3.8, 4) is 0 Å². The van der Waals surface area contributed by atoms with Gasteiger partial charge in [-0.25, -0.2) is 4.79 Å². The smallest absolute Gasteiger partial charge is 0.329 e. The fraction of sp³-hybridized carbons (Fsp3) is 0.500. The molecule has 0 aliphatic heterocycles. The van der Waals surface area contributed by atoms with Gasteiger partial charge in [-0.05, 0) is 37.8 Å². The molecule has 1 aromatic carbocycles. The van der Waals surface area contributed by atoms with Crippen molar-refractivity contribution in [3.05, 3.63) is 46.5 Å². The number of hydrogen-bond donors (Lipinski definition) is 1. The van der Waals surface area contributed by atoms with Crippen LogP contribution in [0.1, 0.15) is 44.3 Å². The average Bonchev–Trinajstić information content (AvgIpc) is 3.16. The molecule has 7 heteroatoms. The maximum Gasteiger partial charge on any atom is 0.329 e. The van der Waals surface area contributed by atoms with Crippen molar-refractivity contribution < 1.29 is 4.52 Å². The summed E-state index contributed by atoms with van der Waals surface area (Å²) in [6.45, 7) is 3.30. The number of aromatic nitrogens is 4. The fourth-order valence-corrected chi connectivity index (χ4v) is 3.48. The van der Waals surface area contributed by atoms with Gasteiger partial charge in [-0.2, -0.15) is 4.98 Å². The SMILES string of the molecule is CCCn1c(=O)n(CCc2nc(C3(N)CCC3)no2)c2ccccc21. The summed E-state index contributed by atoms with van der Waals surface area (Å²) in [6.07, 6.45) is 4.33. The molecule has 2 heterocycles. The van der Waals surface area contributed by atoms with Crippen molar-refractivity contribution in [2.24, 2.45) is 5.73 Å². The van der Waals surface area contributed by atoms with Crippen molar-refractivity contribution in [1.82, 2.24) is 19.3 Å². The number of rotatable bonds is 6. The van der Waals surface area contributed by atoms with E-state index >= 15 is 0 Å². The first-order valence-electron chi connectivity index (χ1n) is 8.92. The second-order valence-electron chi connectivity index (χ2n) is 6.85. The first kappa shape index (κ1) is 16.1.